The Hall–Kier alpha value is -4.95. The lowest BCUT2D eigenvalue weighted by atomic mass is 9.84. The third kappa shape index (κ3) is 11.6. The van der Waals surface area contributed by atoms with Crippen molar-refractivity contribution in [3.8, 4) is 0 Å². The van der Waals surface area contributed by atoms with E-state index in [1.165, 1.54) is 5.56 Å². The zero-order valence-corrected chi connectivity index (χ0v) is 23.2. The summed E-state index contributed by atoms with van der Waals surface area (Å²) >= 11 is 0. The summed E-state index contributed by atoms with van der Waals surface area (Å²) in [6.45, 7) is 13.1. The van der Waals surface area contributed by atoms with Gasteiger partial charge in [0.25, 0.3) is 0 Å². The Bertz CT molecular complexity index is 1290. The highest BCUT2D eigenvalue weighted by Crippen LogP contribution is 2.29. The molecule has 0 aliphatic rings. The van der Waals surface area contributed by atoms with Crippen LogP contribution in [0.25, 0.3) is 18.2 Å². The van der Waals surface area contributed by atoms with Gasteiger partial charge in [-0.1, -0.05) is 190 Å². The van der Waals surface area contributed by atoms with Crippen molar-refractivity contribution in [2.24, 2.45) is 5.41 Å². The van der Waals surface area contributed by atoms with Crippen molar-refractivity contribution < 1.29 is 9.53 Å². The van der Waals surface area contributed by atoms with Gasteiger partial charge in [-0.25, -0.2) is 0 Å². The van der Waals surface area contributed by atoms with E-state index in [4.69, 9.17) is 4.74 Å². The smallest absolute Gasteiger partial charge is 0.328 e. The molecular weight excluding hydrogens is 488 g/mol. The van der Waals surface area contributed by atoms with Gasteiger partial charge in [-0.2, -0.15) is 0 Å². The first kappa shape index (κ1) is 31.3. The third-order valence-corrected chi connectivity index (χ3v) is 5.74. The Kier molecular flexibility index (Phi) is 14.3. The molecule has 3 aromatic rings. The molecule has 2 heteroatoms. The number of esters is 1. The first-order valence-corrected chi connectivity index (χ1v) is 13.2. The normalized spacial score (nSPS) is 12.8. The van der Waals surface area contributed by atoms with Crippen LogP contribution in [0, 0.1) is 5.41 Å². The van der Waals surface area contributed by atoms with E-state index in [2.05, 4.69) is 37.9 Å². The lowest BCUT2D eigenvalue weighted by Crippen LogP contribution is -2.25. The molecule has 0 radical (unpaired) electrons. The molecule has 40 heavy (non-hydrogen) atoms. The van der Waals surface area contributed by atoms with Crippen LogP contribution >= 0.6 is 0 Å². The van der Waals surface area contributed by atoms with Gasteiger partial charge in [0.15, 0.2) is 0 Å². The zero-order valence-electron chi connectivity index (χ0n) is 23.2. The van der Waals surface area contributed by atoms with Crippen molar-refractivity contribution in [3.05, 3.63) is 188 Å². The molecule has 0 saturated carbocycles. The number of carbonyl (C=O) groups excluding carboxylic acids is 1. The maximum atomic E-state index is 12.9. The molecular formula is C38H38O2. The molecule has 0 aromatic heterocycles. The fourth-order valence-electron chi connectivity index (χ4n) is 3.39. The minimum Gasteiger partial charge on any atom is -0.434 e. The standard InChI is InChI=1S/C26H26O2.C12H12/c1-4-22(3)16-19-26(25(27)28-5-2,20-17-23-12-8-6-9-13-23)21-18-24-14-10-7-11-15-24;1-2-3-4-6-9-12-10-7-5-8-11-12/h5-21H,2-4H2,1H3;2-11H,1H2. The minimum atomic E-state index is -1.09. The molecule has 0 fully saturated rings. The minimum absolute atomic E-state index is 0.429. The van der Waals surface area contributed by atoms with Crippen LogP contribution in [0.5, 0.6) is 0 Å². The molecule has 0 aliphatic heterocycles. The average Bonchev–Trinajstić information content (AvgIpc) is 3.01. The summed E-state index contributed by atoms with van der Waals surface area (Å²) in [4.78, 5) is 12.9. The van der Waals surface area contributed by atoms with E-state index in [9.17, 15) is 4.79 Å². The highest BCUT2D eigenvalue weighted by atomic mass is 16.5. The number of allylic oxidation sites excluding steroid dienone is 6. The Morgan fingerprint density at radius 1 is 0.700 bits per heavy atom. The zero-order chi connectivity index (χ0) is 28.9. The van der Waals surface area contributed by atoms with Gasteiger partial charge in [0.2, 0.25) is 0 Å². The summed E-state index contributed by atoms with van der Waals surface area (Å²) in [6, 6.07) is 29.9. The third-order valence-electron chi connectivity index (χ3n) is 5.74. The SMILES string of the molecule is C=CC=CC=Cc1ccccc1.C=COC(=O)C(C=CC(=C)CC)(C=Cc1ccccc1)C=Cc1ccccc1. The van der Waals surface area contributed by atoms with Gasteiger partial charge in [-0.15, -0.1) is 0 Å². The van der Waals surface area contributed by atoms with Gasteiger partial charge in [0, 0.05) is 0 Å². The molecule has 0 atom stereocenters. The molecule has 0 amide bonds. The fraction of sp³-hybridized carbons (Fsp3) is 0.0789. The lowest BCUT2D eigenvalue weighted by Gasteiger charge is -2.21. The highest BCUT2D eigenvalue weighted by Gasteiger charge is 2.32. The largest absolute Gasteiger partial charge is 0.434 e. The van der Waals surface area contributed by atoms with Crippen molar-refractivity contribution in [1.29, 1.82) is 0 Å². The molecule has 0 spiro atoms. The summed E-state index contributed by atoms with van der Waals surface area (Å²) in [6.07, 6.45) is 22.8. The molecule has 202 valence electrons. The Labute approximate surface area is 240 Å². The van der Waals surface area contributed by atoms with Crippen LogP contribution in [-0.4, -0.2) is 5.97 Å². The van der Waals surface area contributed by atoms with Crippen LogP contribution in [0.4, 0.5) is 0 Å². The summed E-state index contributed by atoms with van der Waals surface area (Å²) in [5.41, 5.74) is 3.05. The van der Waals surface area contributed by atoms with E-state index >= 15 is 0 Å². The van der Waals surface area contributed by atoms with Crippen molar-refractivity contribution in [1.82, 2.24) is 0 Å². The van der Waals surface area contributed by atoms with Crippen LogP contribution in [0.3, 0.4) is 0 Å². The lowest BCUT2D eigenvalue weighted by molar-refractivity contribution is -0.142. The second-order valence-electron chi connectivity index (χ2n) is 8.73. The first-order chi connectivity index (χ1) is 19.5. The molecule has 3 rings (SSSR count). The molecule has 3 aromatic carbocycles. The predicted octanol–water partition coefficient (Wildman–Crippen LogP) is 10.1. The van der Waals surface area contributed by atoms with E-state index in [-0.39, 0.29) is 0 Å². The van der Waals surface area contributed by atoms with E-state index in [1.54, 1.807) is 6.08 Å². The summed E-state index contributed by atoms with van der Waals surface area (Å²) in [5, 5.41) is 0. The van der Waals surface area contributed by atoms with Crippen molar-refractivity contribution in [2.45, 2.75) is 13.3 Å². The second kappa shape index (κ2) is 18.3. The molecule has 0 N–H and O–H groups in total. The summed E-state index contributed by atoms with van der Waals surface area (Å²) in [7, 11) is 0. The summed E-state index contributed by atoms with van der Waals surface area (Å²) < 4.78 is 5.19. The molecule has 2 nitrogen and oxygen atoms in total. The predicted molar refractivity (Wildman–Crippen MR) is 173 cm³/mol. The van der Waals surface area contributed by atoms with E-state index in [0.717, 1.165) is 29.4 Å². The number of ether oxygens (including phenoxy) is 1. The molecule has 0 aliphatic carbocycles. The van der Waals surface area contributed by atoms with Gasteiger partial charge >= 0.3 is 5.97 Å². The van der Waals surface area contributed by atoms with Crippen molar-refractivity contribution in [3.63, 3.8) is 0 Å². The summed E-state index contributed by atoms with van der Waals surface area (Å²) in [5.74, 6) is -0.429. The molecule has 0 heterocycles. The van der Waals surface area contributed by atoms with Crippen LogP contribution in [0.2, 0.25) is 0 Å². The van der Waals surface area contributed by atoms with Crippen molar-refractivity contribution in [2.75, 3.05) is 0 Å². The van der Waals surface area contributed by atoms with E-state index in [1.807, 2.05) is 140 Å². The quantitative estimate of drug-likeness (QED) is 0.133. The van der Waals surface area contributed by atoms with E-state index < -0.39 is 11.4 Å². The van der Waals surface area contributed by atoms with Crippen LogP contribution in [0.1, 0.15) is 30.0 Å². The van der Waals surface area contributed by atoms with Crippen LogP contribution in [0.15, 0.2) is 171 Å². The number of rotatable bonds is 12. The number of carbonyl (C=O) groups is 1. The Morgan fingerprint density at radius 2 is 1.18 bits per heavy atom. The highest BCUT2D eigenvalue weighted by molar-refractivity contribution is 5.87. The van der Waals surface area contributed by atoms with Gasteiger partial charge in [0.1, 0.15) is 5.41 Å². The monoisotopic (exact) mass is 526 g/mol. The molecule has 0 bridgehead atoms. The topological polar surface area (TPSA) is 26.3 Å². The number of hydrogen-bond donors (Lipinski definition) is 0. The molecule has 0 unspecified atom stereocenters. The van der Waals surface area contributed by atoms with Crippen LogP contribution < -0.4 is 0 Å². The number of benzene rings is 3. The number of hydrogen-bond acceptors (Lipinski definition) is 2. The van der Waals surface area contributed by atoms with Gasteiger partial charge in [-0.3, -0.25) is 4.79 Å². The maximum Gasteiger partial charge on any atom is 0.328 e. The fourth-order valence-corrected chi connectivity index (χ4v) is 3.39. The second-order valence-corrected chi connectivity index (χ2v) is 8.73. The van der Waals surface area contributed by atoms with Gasteiger partial charge in [0.05, 0.1) is 6.26 Å². The first-order valence-electron chi connectivity index (χ1n) is 13.2. The van der Waals surface area contributed by atoms with E-state index in [0.29, 0.717) is 0 Å². The van der Waals surface area contributed by atoms with Gasteiger partial charge < -0.3 is 4.74 Å². The average molecular weight is 527 g/mol. The van der Waals surface area contributed by atoms with Crippen LogP contribution in [-0.2, 0) is 9.53 Å². The Balaban J connectivity index is 0.000000389. The van der Waals surface area contributed by atoms with Gasteiger partial charge in [-0.05, 0) is 23.1 Å². The van der Waals surface area contributed by atoms with Crippen molar-refractivity contribution >= 4 is 24.2 Å². The molecule has 0 saturated heterocycles. The maximum absolute atomic E-state index is 12.9. The Morgan fingerprint density at radius 3 is 1.60 bits per heavy atom.